The van der Waals surface area contributed by atoms with E-state index in [2.05, 4.69) is 20.4 Å². The van der Waals surface area contributed by atoms with Crippen molar-refractivity contribution in [3.63, 3.8) is 0 Å². The molecule has 0 aromatic rings. The van der Waals surface area contributed by atoms with E-state index in [4.69, 9.17) is 0 Å². The van der Waals surface area contributed by atoms with Gasteiger partial charge >= 0.3 is 0 Å². The van der Waals surface area contributed by atoms with Gasteiger partial charge in [0.1, 0.15) is 0 Å². The van der Waals surface area contributed by atoms with Gasteiger partial charge in [0.2, 0.25) is 0 Å². The van der Waals surface area contributed by atoms with E-state index in [0.29, 0.717) is 11.8 Å². The van der Waals surface area contributed by atoms with Crippen molar-refractivity contribution in [2.24, 2.45) is 11.8 Å². The molecular weight excluding hydrogens is 124 g/mol. The van der Waals surface area contributed by atoms with E-state index in [1.165, 1.54) is 0 Å². The van der Waals surface area contributed by atoms with Gasteiger partial charge in [-0.15, -0.1) is 0 Å². The minimum atomic E-state index is 0.277. The maximum absolute atomic E-state index is 11.0. The summed E-state index contributed by atoms with van der Waals surface area (Å²) in [6, 6.07) is 0. The topological polar surface area (TPSA) is 17.1 Å². The van der Waals surface area contributed by atoms with E-state index in [-0.39, 0.29) is 5.78 Å². The van der Waals surface area contributed by atoms with Crippen molar-refractivity contribution in [3.05, 3.63) is 12.2 Å². The number of carbonyl (C=O) groups excluding carboxylic acids is 1. The normalized spacial score (nSPS) is 26.5. The quantitative estimate of drug-likeness (QED) is 0.507. The summed E-state index contributed by atoms with van der Waals surface area (Å²) in [5.74, 6) is 1.47. The van der Waals surface area contributed by atoms with E-state index in [1.807, 2.05) is 0 Å². The zero-order chi connectivity index (χ0) is 7.72. The maximum Gasteiger partial charge on any atom is 0.158 e. The lowest BCUT2D eigenvalue weighted by atomic mass is 9.94. The molecule has 0 bridgehead atoms. The molecule has 0 amide bonds. The van der Waals surface area contributed by atoms with Gasteiger partial charge in [-0.1, -0.05) is 20.4 Å². The molecule has 1 rings (SSSR count). The van der Waals surface area contributed by atoms with Gasteiger partial charge in [0.05, 0.1) is 0 Å². The third-order valence-corrected chi connectivity index (χ3v) is 2.29. The molecule has 1 heteroatoms. The first-order valence-electron chi connectivity index (χ1n) is 3.82. The first-order valence-corrected chi connectivity index (χ1v) is 3.82. The van der Waals surface area contributed by atoms with Crippen molar-refractivity contribution < 1.29 is 4.79 Å². The van der Waals surface area contributed by atoms with Crippen LogP contribution in [0.2, 0.25) is 0 Å². The molecule has 1 fully saturated rings. The molecule has 1 aliphatic carbocycles. The highest BCUT2D eigenvalue weighted by Crippen LogP contribution is 2.31. The average Bonchev–Trinajstić information content (AvgIpc) is 2.13. The van der Waals surface area contributed by atoms with Crippen LogP contribution in [-0.2, 0) is 4.79 Å². The number of allylic oxidation sites excluding steroid dienone is 1. The van der Waals surface area contributed by atoms with E-state index in [1.54, 1.807) is 0 Å². The molecule has 0 spiro atoms. The zero-order valence-electron chi connectivity index (χ0n) is 6.68. The van der Waals surface area contributed by atoms with E-state index in [0.717, 1.165) is 18.4 Å². The van der Waals surface area contributed by atoms with Crippen LogP contribution in [0.1, 0.15) is 26.7 Å². The van der Waals surface area contributed by atoms with E-state index in [9.17, 15) is 4.79 Å². The second-order valence-corrected chi connectivity index (χ2v) is 3.44. The number of carbonyl (C=O) groups is 1. The van der Waals surface area contributed by atoms with Gasteiger partial charge in [-0.05, 0) is 23.8 Å². The van der Waals surface area contributed by atoms with Crippen molar-refractivity contribution in [1.29, 1.82) is 0 Å². The molecule has 1 atom stereocenters. The zero-order valence-corrected chi connectivity index (χ0v) is 6.68. The number of hydrogen-bond donors (Lipinski definition) is 0. The van der Waals surface area contributed by atoms with Crippen LogP contribution < -0.4 is 0 Å². The highest BCUT2D eigenvalue weighted by atomic mass is 16.1. The molecule has 56 valence electrons. The lowest BCUT2D eigenvalue weighted by Crippen LogP contribution is -2.03. The minimum Gasteiger partial charge on any atom is -0.295 e. The standard InChI is InChI=1S/C9H14O/c1-6(2)8-4-7(3)9(10)5-8/h6,8H,3-5H2,1-2H3. The highest BCUT2D eigenvalue weighted by Gasteiger charge is 2.27. The summed E-state index contributed by atoms with van der Waals surface area (Å²) in [6.45, 7) is 8.04. The Morgan fingerprint density at radius 2 is 2.10 bits per heavy atom. The Hall–Kier alpha value is -0.590. The first kappa shape index (κ1) is 7.52. The molecular formula is C9H14O. The minimum absolute atomic E-state index is 0.277. The van der Waals surface area contributed by atoms with Gasteiger partial charge in [-0.25, -0.2) is 0 Å². The lowest BCUT2D eigenvalue weighted by Gasteiger charge is -2.10. The number of Topliss-reactive ketones (excluding diaryl/α,β-unsaturated/α-hetero) is 1. The molecule has 0 heterocycles. The van der Waals surface area contributed by atoms with Gasteiger partial charge in [0.25, 0.3) is 0 Å². The van der Waals surface area contributed by atoms with E-state index < -0.39 is 0 Å². The van der Waals surface area contributed by atoms with Crippen LogP contribution in [0.15, 0.2) is 12.2 Å². The fraction of sp³-hybridized carbons (Fsp3) is 0.667. The number of hydrogen-bond acceptors (Lipinski definition) is 1. The summed E-state index contributed by atoms with van der Waals surface area (Å²) < 4.78 is 0. The Labute approximate surface area is 62.1 Å². The molecule has 1 aliphatic rings. The molecule has 0 radical (unpaired) electrons. The highest BCUT2D eigenvalue weighted by molar-refractivity contribution is 5.97. The SMILES string of the molecule is C=C1CC(C(C)C)CC1=O. The Morgan fingerprint density at radius 1 is 1.50 bits per heavy atom. The largest absolute Gasteiger partial charge is 0.295 e. The summed E-state index contributed by atoms with van der Waals surface area (Å²) in [5, 5.41) is 0. The summed E-state index contributed by atoms with van der Waals surface area (Å²) >= 11 is 0. The van der Waals surface area contributed by atoms with Crippen molar-refractivity contribution in [3.8, 4) is 0 Å². The summed E-state index contributed by atoms with van der Waals surface area (Å²) in [7, 11) is 0. The average molecular weight is 138 g/mol. The van der Waals surface area contributed by atoms with Crippen LogP contribution in [0.5, 0.6) is 0 Å². The molecule has 0 N–H and O–H groups in total. The van der Waals surface area contributed by atoms with Crippen molar-refractivity contribution in [2.75, 3.05) is 0 Å². The lowest BCUT2D eigenvalue weighted by molar-refractivity contribution is -0.114. The van der Waals surface area contributed by atoms with Crippen LogP contribution in [-0.4, -0.2) is 5.78 Å². The van der Waals surface area contributed by atoms with Crippen LogP contribution in [0, 0.1) is 11.8 Å². The second-order valence-electron chi connectivity index (χ2n) is 3.44. The van der Waals surface area contributed by atoms with Gasteiger partial charge in [-0.3, -0.25) is 4.79 Å². The molecule has 0 aromatic heterocycles. The Kier molecular flexibility index (Phi) is 1.93. The van der Waals surface area contributed by atoms with Crippen LogP contribution in [0.3, 0.4) is 0 Å². The molecule has 0 saturated heterocycles. The van der Waals surface area contributed by atoms with Gasteiger partial charge < -0.3 is 0 Å². The van der Waals surface area contributed by atoms with Crippen molar-refractivity contribution in [2.45, 2.75) is 26.7 Å². The predicted octanol–water partition coefficient (Wildman–Crippen LogP) is 2.18. The van der Waals surface area contributed by atoms with Crippen LogP contribution in [0.4, 0.5) is 0 Å². The summed E-state index contributed by atoms with van der Waals surface area (Å²) in [6.07, 6.45) is 1.66. The van der Waals surface area contributed by atoms with Crippen LogP contribution >= 0.6 is 0 Å². The van der Waals surface area contributed by atoms with Crippen molar-refractivity contribution in [1.82, 2.24) is 0 Å². The molecule has 1 unspecified atom stereocenters. The van der Waals surface area contributed by atoms with Gasteiger partial charge in [0.15, 0.2) is 5.78 Å². The molecule has 0 aliphatic heterocycles. The van der Waals surface area contributed by atoms with E-state index >= 15 is 0 Å². The molecule has 1 saturated carbocycles. The summed E-state index contributed by atoms with van der Waals surface area (Å²) in [4.78, 5) is 11.0. The Morgan fingerprint density at radius 3 is 2.30 bits per heavy atom. The van der Waals surface area contributed by atoms with Gasteiger partial charge in [0, 0.05) is 6.42 Å². The van der Waals surface area contributed by atoms with Crippen LogP contribution in [0.25, 0.3) is 0 Å². The fourth-order valence-electron chi connectivity index (χ4n) is 1.36. The maximum atomic E-state index is 11.0. The third kappa shape index (κ3) is 1.28. The molecule has 0 aromatic carbocycles. The number of rotatable bonds is 1. The smallest absolute Gasteiger partial charge is 0.158 e. The molecule has 1 nitrogen and oxygen atoms in total. The van der Waals surface area contributed by atoms with Crippen molar-refractivity contribution >= 4 is 5.78 Å². The number of ketones is 1. The molecule has 10 heavy (non-hydrogen) atoms. The predicted molar refractivity (Wildman–Crippen MR) is 41.7 cm³/mol. The fourth-order valence-corrected chi connectivity index (χ4v) is 1.36. The second kappa shape index (κ2) is 2.57. The Bertz CT molecular complexity index is 152. The summed E-state index contributed by atoms with van der Waals surface area (Å²) in [5.41, 5.74) is 0.832. The monoisotopic (exact) mass is 138 g/mol. The van der Waals surface area contributed by atoms with Gasteiger partial charge in [-0.2, -0.15) is 0 Å². The Balaban J connectivity index is 2.57. The first-order chi connectivity index (χ1) is 4.61. The third-order valence-electron chi connectivity index (χ3n) is 2.29.